The Labute approximate surface area is 180 Å². The number of ketones is 1. The van der Waals surface area contributed by atoms with Crippen molar-refractivity contribution in [2.45, 2.75) is 24.9 Å². The zero-order valence-corrected chi connectivity index (χ0v) is 17.0. The van der Waals surface area contributed by atoms with Crippen molar-refractivity contribution in [1.82, 2.24) is 9.88 Å². The summed E-state index contributed by atoms with van der Waals surface area (Å²) in [6.07, 6.45) is 3.17. The summed E-state index contributed by atoms with van der Waals surface area (Å²) in [4.78, 5) is 31.9. The summed E-state index contributed by atoms with van der Waals surface area (Å²) in [5.74, 6) is 1.53. The van der Waals surface area contributed by atoms with Gasteiger partial charge in [0.1, 0.15) is 22.7 Å². The van der Waals surface area contributed by atoms with Crippen LogP contribution in [0.2, 0.25) is 0 Å². The molecule has 3 heterocycles. The number of Topliss-reactive ketones (excluding diaryl/α,β-unsaturated/α-hetero) is 1. The number of nitrogens with zero attached hydrogens (tertiary/aromatic N) is 2. The maximum Gasteiger partial charge on any atom is 0.259 e. The van der Waals surface area contributed by atoms with Gasteiger partial charge in [-0.1, -0.05) is 30.3 Å². The van der Waals surface area contributed by atoms with Gasteiger partial charge in [0, 0.05) is 32.1 Å². The Morgan fingerprint density at radius 1 is 0.968 bits per heavy atom. The molecule has 0 radical (unpaired) electrons. The molecule has 0 N–H and O–H groups in total. The lowest BCUT2D eigenvalue weighted by Crippen LogP contribution is -2.52. The van der Waals surface area contributed by atoms with Crippen molar-refractivity contribution in [2.75, 3.05) is 13.1 Å². The van der Waals surface area contributed by atoms with Gasteiger partial charge in [-0.25, -0.2) is 4.98 Å². The third-order valence-corrected chi connectivity index (χ3v) is 5.92. The summed E-state index contributed by atoms with van der Waals surface area (Å²) in [6.45, 7) is 1.02. The minimum absolute atomic E-state index is 0.104. The largest absolute Gasteiger partial charge is 0.486 e. The quantitative estimate of drug-likeness (QED) is 0.631. The molecule has 0 atom stereocenters. The molecule has 1 spiro atoms. The molecule has 6 heteroatoms. The van der Waals surface area contributed by atoms with Crippen LogP contribution in [0.15, 0.2) is 72.9 Å². The molecule has 0 bridgehead atoms. The fourth-order valence-electron chi connectivity index (χ4n) is 4.24. The number of carbonyl (C=O) groups excluding carboxylic acids is 2. The summed E-state index contributed by atoms with van der Waals surface area (Å²) < 4.78 is 12.1. The number of ether oxygens (including phenoxy) is 2. The normalized spacial score (nSPS) is 17.0. The highest BCUT2D eigenvalue weighted by molar-refractivity contribution is 6.00. The molecule has 156 valence electrons. The van der Waals surface area contributed by atoms with E-state index < -0.39 is 5.60 Å². The molecule has 6 nitrogen and oxygen atoms in total. The van der Waals surface area contributed by atoms with Crippen LogP contribution in [0.1, 0.15) is 40.0 Å². The van der Waals surface area contributed by atoms with E-state index in [1.807, 2.05) is 48.5 Å². The average molecular weight is 414 g/mol. The summed E-state index contributed by atoms with van der Waals surface area (Å²) in [5, 5.41) is 0. The number of amides is 1. The van der Waals surface area contributed by atoms with Gasteiger partial charge in [-0.15, -0.1) is 0 Å². The monoisotopic (exact) mass is 414 g/mol. The highest BCUT2D eigenvalue weighted by Crippen LogP contribution is 2.39. The molecule has 3 aromatic rings. The molecule has 1 fully saturated rings. The minimum Gasteiger partial charge on any atom is -0.486 e. The van der Waals surface area contributed by atoms with Crippen molar-refractivity contribution >= 4 is 11.7 Å². The van der Waals surface area contributed by atoms with Crippen molar-refractivity contribution in [1.29, 1.82) is 0 Å². The molecular weight excluding hydrogens is 392 g/mol. The van der Waals surface area contributed by atoms with Crippen molar-refractivity contribution in [2.24, 2.45) is 0 Å². The van der Waals surface area contributed by atoms with Gasteiger partial charge in [0.05, 0.1) is 12.0 Å². The fraction of sp³-hybridized carbons (Fsp3) is 0.240. The smallest absolute Gasteiger partial charge is 0.259 e. The van der Waals surface area contributed by atoms with Gasteiger partial charge >= 0.3 is 0 Å². The third kappa shape index (κ3) is 3.77. The standard InChI is InChI=1S/C25H22N2O4/c28-21-17-25(31-22-11-5-4-9-19(21)22)12-15-27(16-13-25)24(29)20-10-6-14-26-23(20)30-18-7-2-1-3-8-18/h1-11,14H,12-13,15-17H2. The lowest BCUT2D eigenvalue weighted by atomic mass is 9.82. The summed E-state index contributed by atoms with van der Waals surface area (Å²) in [5.41, 5.74) is 0.526. The second-order valence-corrected chi connectivity index (χ2v) is 7.94. The van der Waals surface area contributed by atoms with Crippen LogP contribution < -0.4 is 9.47 Å². The molecule has 31 heavy (non-hydrogen) atoms. The number of benzene rings is 2. The molecule has 2 aromatic carbocycles. The van der Waals surface area contributed by atoms with Crippen LogP contribution in [0.3, 0.4) is 0 Å². The van der Waals surface area contributed by atoms with E-state index >= 15 is 0 Å². The first-order valence-electron chi connectivity index (χ1n) is 10.4. The van der Waals surface area contributed by atoms with E-state index in [0.29, 0.717) is 55.0 Å². The van der Waals surface area contributed by atoms with E-state index in [2.05, 4.69) is 4.98 Å². The predicted molar refractivity (Wildman–Crippen MR) is 115 cm³/mol. The number of aromatic nitrogens is 1. The third-order valence-electron chi connectivity index (χ3n) is 5.92. The van der Waals surface area contributed by atoms with Gasteiger partial charge in [-0.2, -0.15) is 0 Å². The highest BCUT2D eigenvalue weighted by Gasteiger charge is 2.43. The van der Waals surface area contributed by atoms with Crippen LogP contribution in [-0.2, 0) is 0 Å². The molecule has 0 unspecified atom stereocenters. The number of carbonyl (C=O) groups is 2. The van der Waals surface area contributed by atoms with Crippen molar-refractivity contribution in [3.63, 3.8) is 0 Å². The first-order valence-corrected chi connectivity index (χ1v) is 10.4. The van der Waals surface area contributed by atoms with Gasteiger partial charge < -0.3 is 14.4 Å². The molecule has 2 aliphatic heterocycles. The Balaban J connectivity index is 1.31. The van der Waals surface area contributed by atoms with Gasteiger partial charge in [0.25, 0.3) is 5.91 Å². The van der Waals surface area contributed by atoms with E-state index in [0.717, 1.165) is 0 Å². The molecule has 0 aliphatic carbocycles. The molecule has 1 saturated heterocycles. The van der Waals surface area contributed by atoms with E-state index in [1.54, 1.807) is 29.3 Å². The number of rotatable bonds is 3. The summed E-state index contributed by atoms with van der Waals surface area (Å²) in [7, 11) is 0. The molecule has 5 rings (SSSR count). The first-order chi connectivity index (χ1) is 15.1. The molecule has 1 aromatic heterocycles. The molecule has 0 saturated carbocycles. The average Bonchev–Trinajstić information content (AvgIpc) is 2.80. The van der Waals surface area contributed by atoms with Crippen molar-refractivity contribution in [3.8, 4) is 17.4 Å². The van der Waals surface area contributed by atoms with E-state index in [1.165, 1.54) is 0 Å². The van der Waals surface area contributed by atoms with Gasteiger partial charge in [0.2, 0.25) is 5.88 Å². The van der Waals surface area contributed by atoms with Crippen LogP contribution in [0.25, 0.3) is 0 Å². The zero-order valence-electron chi connectivity index (χ0n) is 17.0. The predicted octanol–water partition coefficient (Wildman–Crippen LogP) is 4.51. The molecular formula is C25H22N2O4. The number of hydrogen-bond acceptors (Lipinski definition) is 5. The SMILES string of the molecule is O=C1CC2(CCN(C(=O)c3cccnc3Oc3ccccc3)CC2)Oc2ccccc21. The summed E-state index contributed by atoms with van der Waals surface area (Å²) in [6, 6.07) is 20.1. The number of pyridine rings is 1. The maximum atomic E-state index is 13.2. The van der Waals surface area contributed by atoms with Crippen LogP contribution in [0.5, 0.6) is 17.4 Å². The van der Waals surface area contributed by atoms with E-state index in [-0.39, 0.29) is 17.6 Å². The van der Waals surface area contributed by atoms with Crippen LogP contribution in [0.4, 0.5) is 0 Å². The van der Waals surface area contributed by atoms with Gasteiger partial charge in [-0.3, -0.25) is 9.59 Å². The first kappa shape index (κ1) is 19.3. The second kappa shape index (κ2) is 7.87. The number of likely N-dealkylation sites (tertiary alicyclic amines) is 1. The van der Waals surface area contributed by atoms with Crippen LogP contribution >= 0.6 is 0 Å². The van der Waals surface area contributed by atoms with Gasteiger partial charge in [-0.05, 0) is 36.4 Å². The topological polar surface area (TPSA) is 68.7 Å². The second-order valence-electron chi connectivity index (χ2n) is 7.94. The molecule has 2 aliphatic rings. The summed E-state index contributed by atoms with van der Waals surface area (Å²) >= 11 is 0. The Bertz CT molecular complexity index is 1120. The lowest BCUT2D eigenvalue weighted by Gasteiger charge is -2.44. The lowest BCUT2D eigenvalue weighted by molar-refractivity contribution is -0.00575. The van der Waals surface area contributed by atoms with Crippen molar-refractivity contribution in [3.05, 3.63) is 84.1 Å². The Morgan fingerprint density at radius 2 is 1.71 bits per heavy atom. The number of fused-ring (bicyclic) bond motifs is 1. The van der Waals surface area contributed by atoms with E-state index in [4.69, 9.17) is 9.47 Å². The zero-order chi connectivity index (χ0) is 21.3. The maximum absolute atomic E-state index is 13.2. The Morgan fingerprint density at radius 3 is 2.52 bits per heavy atom. The van der Waals surface area contributed by atoms with Crippen LogP contribution in [-0.4, -0.2) is 40.3 Å². The van der Waals surface area contributed by atoms with E-state index in [9.17, 15) is 9.59 Å². The molecule has 1 amide bonds. The van der Waals surface area contributed by atoms with Crippen LogP contribution in [0, 0.1) is 0 Å². The number of hydrogen-bond donors (Lipinski definition) is 0. The Hall–Kier alpha value is -3.67. The fourth-order valence-corrected chi connectivity index (χ4v) is 4.24. The minimum atomic E-state index is -0.541. The number of para-hydroxylation sites is 2. The van der Waals surface area contributed by atoms with Gasteiger partial charge in [0.15, 0.2) is 5.78 Å². The van der Waals surface area contributed by atoms with Crippen molar-refractivity contribution < 1.29 is 19.1 Å². The Kier molecular flexibility index (Phi) is 4.90. The number of piperidine rings is 1. The highest BCUT2D eigenvalue weighted by atomic mass is 16.5.